The van der Waals surface area contributed by atoms with E-state index in [0.29, 0.717) is 32.5 Å². The van der Waals surface area contributed by atoms with Crippen LogP contribution in [0.1, 0.15) is 45.6 Å². The topological polar surface area (TPSA) is 67.4 Å². The lowest BCUT2D eigenvalue weighted by molar-refractivity contribution is -0.145. The van der Waals surface area contributed by atoms with E-state index in [1.54, 1.807) is 11.8 Å². The summed E-state index contributed by atoms with van der Waals surface area (Å²) in [6, 6.07) is 10.2. The molecule has 0 bridgehead atoms. The van der Waals surface area contributed by atoms with E-state index in [9.17, 15) is 9.59 Å². The maximum atomic E-state index is 11.8. The number of thioether (sulfide) groups is 1. The van der Waals surface area contributed by atoms with Crippen LogP contribution in [0.25, 0.3) is 0 Å². The number of esters is 1. The van der Waals surface area contributed by atoms with Gasteiger partial charge in [0.15, 0.2) is 0 Å². The third-order valence-electron chi connectivity index (χ3n) is 4.12. The van der Waals surface area contributed by atoms with Crippen molar-refractivity contribution in [3.8, 4) is 0 Å². The molecular formula is C21H34N2O3S. The first-order chi connectivity index (χ1) is 12.9. The first kappa shape index (κ1) is 23.5. The first-order valence-corrected chi connectivity index (χ1v) is 10.8. The van der Waals surface area contributed by atoms with E-state index in [2.05, 4.69) is 36.6 Å². The second-order valence-corrected chi connectivity index (χ2v) is 8.50. The maximum Gasteiger partial charge on any atom is 0.306 e. The number of hydrogen-bond acceptors (Lipinski definition) is 5. The van der Waals surface area contributed by atoms with E-state index in [-0.39, 0.29) is 17.3 Å². The third-order valence-corrected chi connectivity index (χ3v) is 5.11. The smallest absolute Gasteiger partial charge is 0.306 e. The molecule has 0 spiro atoms. The summed E-state index contributed by atoms with van der Waals surface area (Å²) in [7, 11) is 0. The maximum absolute atomic E-state index is 11.8. The van der Waals surface area contributed by atoms with Crippen molar-refractivity contribution in [3.05, 3.63) is 35.9 Å². The number of ether oxygens (including phenoxy) is 1. The van der Waals surface area contributed by atoms with Crippen LogP contribution in [-0.4, -0.2) is 43.1 Å². The molecule has 2 N–H and O–H groups in total. The molecule has 0 saturated carbocycles. The predicted molar refractivity (Wildman–Crippen MR) is 113 cm³/mol. The van der Waals surface area contributed by atoms with Gasteiger partial charge in [0, 0.05) is 31.8 Å². The van der Waals surface area contributed by atoms with Crippen LogP contribution in [0.2, 0.25) is 0 Å². The fourth-order valence-corrected chi connectivity index (χ4v) is 3.67. The molecule has 1 amide bonds. The summed E-state index contributed by atoms with van der Waals surface area (Å²) in [6.45, 7) is 8.59. The fourth-order valence-electron chi connectivity index (χ4n) is 2.52. The lowest BCUT2D eigenvalue weighted by atomic mass is 9.86. The summed E-state index contributed by atoms with van der Waals surface area (Å²) in [5.74, 6) is 1.82. The Morgan fingerprint density at radius 1 is 1.11 bits per heavy atom. The molecule has 0 aliphatic rings. The Bertz CT molecular complexity index is 550. The molecule has 0 aromatic heterocycles. The van der Waals surface area contributed by atoms with E-state index >= 15 is 0 Å². The molecular weight excluding hydrogens is 360 g/mol. The van der Waals surface area contributed by atoms with Gasteiger partial charge in [-0.05, 0) is 30.1 Å². The van der Waals surface area contributed by atoms with Gasteiger partial charge in [0.1, 0.15) is 0 Å². The lowest BCUT2D eigenvalue weighted by Gasteiger charge is -2.23. The average Bonchev–Trinajstić information content (AvgIpc) is 2.62. The van der Waals surface area contributed by atoms with Crippen LogP contribution >= 0.6 is 11.8 Å². The summed E-state index contributed by atoms with van der Waals surface area (Å²) in [5.41, 5.74) is 1.17. The summed E-state index contributed by atoms with van der Waals surface area (Å²) in [5, 5.41) is 6.23. The number of amides is 1. The third kappa shape index (κ3) is 12.5. The molecule has 1 rings (SSSR count). The normalized spacial score (nSPS) is 11.2. The van der Waals surface area contributed by atoms with Crippen molar-refractivity contribution in [3.63, 3.8) is 0 Å². The van der Waals surface area contributed by atoms with Gasteiger partial charge in [0.2, 0.25) is 5.91 Å². The highest BCUT2D eigenvalue weighted by atomic mass is 32.2. The van der Waals surface area contributed by atoms with Gasteiger partial charge >= 0.3 is 5.97 Å². The van der Waals surface area contributed by atoms with Crippen molar-refractivity contribution in [2.45, 2.75) is 46.6 Å². The quantitative estimate of drug-likeness (QED) is 0.374. The van der Waals surface area contributed by atoms with Gasteiger partial charge in [-0.1, -0.05) is 44.2 Å². The van der Waals surface area contributed by atoms with E-state index in [1.807, 2.05) is 25.1 Å². The molecule has 152 valence electrons. The van der Waals surface area contributed by atoms with Gasteiger partial charge in [0.05, 0.1) is 13.0 Å². The Balaban J connectivity index is 1.99. The van der Waals surface area contributed by atoms with Crippen molar-refractivity contribution in [1.82, 2.24) is 10.6 Å². The van der Waals surface area contributed by atoms with Crippen LogP contribution in [0.4, 0.5) is 0 Å². The van der Waals surface area contributed by atoms with Crippen LogP contribution < -0.4 is 10.6 Å². The number of hydrogen-bond donors (Lipinski definition) is 2. The molecule has 0 radical (unpaired) electrons. The second kappa shape index (κ2) is 13.6. The molecule has 27 heavy (non-hydrogen) atoms. The average molecular weight is 395 g/mol. The highest BCUT2D eigenvalue weighted by Gasteiger charge is 2.22. The van der Waals surface area contributed by atoms with Crippen LogP contribution in [-0.2, 0) is 20.9 Å². The van der Waals surface area contributed by atoms with Crippen LogP contribution in [0, 0.1) is 5.41 Å². The molecule has 1 aromatic carbocycles. The van der Waals surface area contributed by atoms with Crippen LogP contribution in [0.15, 0.2) is 30.3 Å². The van der Waals surface area contributed by atoms with Gasteiger partial charge in [0.25, 0.3) is 0 Å². The number of carbonyl (C=O) groups is 2. The summed E-state index contributed by atoms with van der Waals surface area (Å²) in [6.07, 6.45) is 1.89. The van der Waals surface area contributed by atoms with Crippen molar-refractivity contribution in [2.75, 3.05) is 31.2 Å². The van der Waals surface area contributed by atoms with E-state index in [1.165, 1.54) is 5.56 Å². The summed E-state index contributed by atoms with van der Waals surface area (Å²) < 4.78 is 5.02. The zero-order valence-corrected chi connectivity index (χ0v) is 17.7. The number of carbonyl (C=O) groups excluding carboxylic acids is 2. The largest absolute Gasteiger partial charge is 0.466 e. The minimum Gasteiger partial charge on any atom is -0.466 e. The van der Waals surface area contributed by atoms with Gasteiger partial charge in [-0.15, -0.1) is 0 Å². The molecule has 1 aromatic rings. The van der Waals surface area contributed by atoms with Gasteiger partial charge in [-0.3, -0.25) is 9.59 Å². The van der Waals surface area contributed by atoms with Crippen molar-refractivity contribution < 1.29 is 14.3 Å². The first-order valence-electron chi connectivity index (χ1n) is 9.67. The zero-order chi connectivity index (χ0) is 20.0. The Morgan fingerprint density at radius 3 is 2.56 bits per heavy atom. The van der Waals surface area contributed by atoms with Crippen LogP contribution in [0.3, 0.4) is 0 Å². The number of rotatable bonds is 14. The molecule has 0 fully saturated rings. The molecule has 0 aliphatic carbocycles. The van der Waals surface area contributed by atoms with Crippen molar-refractivity contribution >= 4 is 23.6 Å². The Morgan fingerprint density at radius 2 is 1.85 bits per heavy atom. The highest BCUT2D eigenvalue weighted by Crippen LogP contribution is 2.27. The highest BCUT2D eigenvalue weighted by molar-refractivity contribution is 7.99. The Labute approximate surface area is 168 Å². The van der Waals surface area contributed by atoms with Crippen LogP contribution in [0.5, 0.6) is 0 Å². The lowest BCUT2D eigenvalue weighted by Crippen LogP contribution is -2.29. The monoisotopic (exact) mass is 394 g/mol. The van der Waals surface area contributed by atoms with Crippen molar-refractivity contribution in [1.29, 1.82) is 0 Å². The fraction of sp³-hybridized carbons (Fsp3) is 0.619. The number of nitrogens with one attached hydrogen (secondary N) is 2. The van der Waals surface area contributed by atoms with Gasteiger partial charge < -0.3 is 15.4 Å². The van der Waals surface area contributed by atoms with E-state index < -0.39 is 0 Å². The molecule has 0 aliphatic heterocycles. The van der Waals surface area contributed by atoms with Crippen molar-refractivity contribution in [2.24, 2.45) is 5.41 Å². The Hall–Kier alpha value is -1.53. The molecule has 0 heterocycles. The SMILES string of the molecule is CCOC(=O)CC(C)(C)CCSCCNC(=O)CCNCc1ccccc1. The molecule has 0 atom stereocenters. The second-order valence-electron chi connectivity index (χ2n) is 7.27. The zero-order valence-electron chi connectivity index (χ0n) is 16.9. The molecule has 5 nitrogen and oxygen atoms in total. The molecule has 6 heteroatoms. The van der Waals surface area contributed by atoms with E-state index in [4.69, 9.17) is 4.74 Å². The summed E-state index contributed by atoms with van der Waals surface area (Å²) in [4.78, 5) is 23.4. The number of benzene rings is 1. The van der Waals surface area contributed by atoms with E-state index in [0.717, 1.165) is 24.5 Å². The molecule has 0 unspecified atom stereocenters. The summed E-state index contributed by atoms with van der Waals surface area (Å²) >= 11 is 1.81. The Kier molecular flexibility index (Phi) is 11.9. The standard InChI is InChI=1S/C21H34N2O3S/c1-4-26-20(25)16-21(2,3)11-14-27-15-13-23-19(24)10-12-22-17-18-8-6-5-7-9-18/h5-9,22H,4,10-17H2,1-3H3,(H,23,24). The van der Waals surface area contributed by atoms with Gasteiger partial charge in [-0.25, -0.2) is 0 Å². The minimum absolute atomic E-state index is 0.0487. The predicted octanol–water partition coefficient (Wildman–Crippen LogP) is 3.39. The van der Waals surface area contributed by atoms with Gasteiger partial charge in [-0.2, -0.15) is 11.8 Å². The minimum atomic E-state index is -0.124. The molecule has 0 saturated heterocycles.